The van der Waals surface area contributed by atoms with Crippen molar-refractivity contribution in [3.8, 4) is 0 Å². The van der Waals surface area contributed by atoms with Crippen LogP contribution in [0.5, 0.6) is 0 Å². The third kappa shape index (κ3) is 7.29. The molecule has 0 spiro atoms. The molecule has 0 fully saturated rings. The number of carbonyl (C=O) groups excluding carboxylic acids is 2. The van der Waals surface area contributed by atoms with Gasteiger partial charge in [-0.15, -0.1) is 0 Å². The summed E-state index contributed by atoms with van der Waals surface area (Å²) in [6.07, 6.45) is 6.31. The molecule has 140 valence electrons. The summed E-state index contributed by atoms with van der Waals surface area (Å²) < 4.78 is 0. The van der Waals surface area contributed by atoms with Gasteiger partial charge in [-0.05, 0) is 49.4 Å². The first-order chi connectivity index (χ1) is 12.0. The van der Waals surface area contributed by atoms with Gasteiger partial charge in [0.05, 0.1) is 0 Å². The highest BCUT2D eigenvalue weighted by Crippen LogP contribution is 2.15. The first-order valence-corrected chi connectivity index (χ1v) is 9.74. The summed E-state index contributed by atoms with van der Waals surface area (Å²) in [5.74, 6) is 0.580. The quantitative estimate of drug-likeness (QED) is 0.592. The molecule has 0 bridgehead atoms. The van der Waals surface area contributed by atoms with Crippen LogP contribution in [0.1, 0.15) is 76.6 Å². The van der Waals surface area contributed by atoms with E-state index >= 15 is 0 Å². The predicted octanol–water partition coefficient (Wildman–Crippen LogP) is 5.01. The second-order valence-electron chi connectivity index (χ2n) is 6.71. The average molecular weight is 347 g/mol. The van der Waals surface area contributed by atoms with Crippen LogP contribution in [0.15, 0.2) is 24.3 Å². The van der Waals surface area contributed by atoms with Gasteiger partial charge in [-0.25, -0.2) is 0 Å². The van der Waals surface area contributed by atoms with Crippen molar-refractivity contribution in [2.24, 2.45) is 11.8 Å². The molecule has 1 unspecified atom stereocenters. The van der Waals surface area contributed by atoms with E-state index in [2.05, 4.69) is 24.5 Å². The molecule has 1 rings (SSSR count). The number of anilines is 1. The average Bonchev–Trinajstić information content (AvgIpc) is 2.63. The van der Waals surface area contributed by atoms with Crippen molar-refractivity contribution in [2.45, 2.75) is 66.2 Å². The lowest BCUT2D eigenvalue weighted by molar-refractivity contribution is -0.120. The Kier molecular flexibility index (Phi) is 9.90. The minimum Gasteiger partial charge on any atom is -0.352 e. The molecule has 0 aliphatic heterocycles. The lowest BCUT2D eigenvalue weighted by Gasteiger charge is -2.15. The lowest BCUT2D eigenvalue weighted by Crippen LogP contribution is -2.29. The third-order valence-corrected chi connectivity index (χ3v) is 4.87. The van der Waals surface area contributed by atoms with Crippen LogP contribution in [0, 0.1) is 11.8 Å². The smallest absolute Gasteiger partial charge is 0.251 e. The topological polar surface area (TPSA) is 58.2 Å². The number of rotatable bonds is 11. The summed E-state index contributed by atoms with van der Waals surface area (Å²) in [7, 11) is 0. The first-order valence-electron chi connectivity index (χ1n) is 9.74. The Morgan fingerprint density at radius 2 is 1.60 bits per heavy atom. The summed E-state index contributed by atoms with van der Waals surface area (Å²) in [6.45, 7) is 9.12. The zero-order chi connectivity index (χ0) is 18.7. The van der Waals surface area contributed by atoms with Gasteiger partial charge in [0.15, 0.2) is 0 Å². The molecule has 4 nitrogen and oxygen atoms in total. The number of carbonyl (C=O) groups is 2. The van der Waals surface area contributed by atoms with Gasteiger partial charge in [-0.1, -0.05) is 47.0 Å². The van der Waals surface area contributed by atoms with Gasteiger partial charge in [0.2, 0.25) is 5.91 Å². The molecule has 4 heteroatoms. The van der Waals surface area contributed by atoms with Gasteiger partial charge < -0.3 is 10.6 Å². The Hall–Kier alpha value is -1.84. The minimum absolute atomic E-state index is 0.0390. The van der Waals surface area contributed by atoms with Gasteiger partial charge in [-0.3, -0.25) is 9.59 Å². The van der Waals surface area contributed by atoms with Crippen LogP contribution in [0.25, 0.3) is 0 Å². The summed E-state index contributed by atoms with van der Waals surface area (Å²) >= 11 is 0. The standard InChI is InChI=1S/C21H34N2O2/c1-5-9-10-16(6-2)15-22-20(24)18-11-13-19(14-12-18)23-21(25)17(7-3)8-4/h11-14,16-17H,5-10,15H2,1-4H3,(H,22,24)(H,23,25). The predicted molar refractivity (Wildman–Crippen MR) is 105 cm³/mol. The van der Waals surface area contributed by atoms with Crippen molar-refractivity contribution in [2.75, 3.05) is 11.9 Å². The van der Waals surface area contributed by atoms with Crippen molar-refractivity contribution < 1.29 is 9.59 Å². The molecule has 1 aromatic rings. The van der Waals surface area contributed by atoms with Gasteiger partial charge in [0.1, 0.15) is 0 Å². The number of benzene rings is 1. The molecule has 0 aromatic heterocycles. The molecule has 25 heavy (non-hydrogen) atoms. The van der Waals surface area contributed by atoms with Crippen LogP contribution in [-0.2, 0) is 4.79 Å². The fraction of sp³-hybridized carbons (Fsp3) is 0.619. The van der Waals surface area contributed by atoms with Crippen LogP contribution in [-0.4, -0.2) is 18.4 Å². The molecule has 0 heterocycles. The molecule has 1 atom stereocenters. The normalized spacial score (nSPS) is 12.0. The second-order valence-corrected chi connectivity index (χ2v) is 6.71. The van der Waals surface area contributed by atoms with Gasteiger partial charge in [0, 0.05) is 23.7 Å². The SMILES string of the molecule is CCCCC(CC)CNC(=O)c1ccc(NC(=O)C(CC)CC)cc1. The molecular weight excluding hydrogens is 312 g/mol. The van der Waals surface area contributed by atoms with E-state index in [1.54, 1.807) is 24.3 Å². The zero-order valence-electron chi connectivity index (χ0n) is 16.2. The van der Waals surface area contributed by atoms with Crippen LogP contribution in [0.4, 0.5) is 5.69 Å². The summed E-state index contributed by atoms with van der Waals surface area (Å²) in [6, 6.07) is 7.13. The molecule has 0 aliphatic carbocycles. The molecule has 2 amide bonds. The number of hydrogen-bond acceptors (Lipinski definition) is 2. The van der Waals surface area contributed by atoms with Gasteiger partial charge in [-0.2, -0.15) is 0 Å². The van der Waals surface area contributed by atoms with E-state index < -0.39 is 0 Å². The maximum Gasteiger partial charge on any atom is 0.251 e. The van der Waals surface area contributed by atoms with Gasteiger partial charge >= 0.3 is 0 Å². The van der Waals surface area contributed by atoms with E-state index in [1.807, 2.05) is 13.8 Å². The monoisotopic (exact) mass is 346 g/mol. The van der Waals surface area contributed by atoms with Crippen LogP contribution in [0.2, 0.25) is 0 Å². The lowest BCUT2D eigenvalue weighted by atomic mass is 9.99. The van der Waals surface area contributed by atoms with E-state index in [4.69, 9.17) is 0 Å². The molecule has 0 saturated heterocycles. The molecule has 0 radical (unpaired) electrons. The van der Waals surface area contributed by atoms with Gasteiger partial charge in [0.25, 0.3) is 5.91 Å². The van der Waals surface area contributed by atoms with Crippen LogP contribution < -0.4 is 10.6 Å². The highest BCUT2D eigenvalue weighted by atomic mass is 16.2. The maximum absolute atomic E-state index is 12.3. The largest absolute Gasteiger partial charge is 0.352 e. The highest BCUT2D eigenvalue weighted by Gasteiger charge is 2.14. The Labute approximate surface area is 152 Å². The van der Waals surface area contributed by atoms with E-state index in [-0.39, 0.29) is 17.7 Å². The molecular formula is C21H34N2O2. The second kappa shape index (κ2) is 11.7. The highest BCUT2D eigenvalue weighted by molar-refractivity contribution is 5.96. The molecule has 0 saturated carbocycles. The number of nitrogens with one attached hydrogen (secondary N) is 2. The Morgan fingerprint density at radius 3 is 2.12 bits per heavy atom. The Morgan fingerprint density at radius 1 is 0.960 bits per heavy atom. The Balaban J connectivity index is 2.54. The molecule has 1 aromatic carbocycles. The number of unbranched alkanes of at least 4 members (excludes halogenated alkanes) is 1. The summed E-state index contributed by atoms with van der Waals surface area (Å²) in [4.78, 5) is 24.4. The van der Waals surface area contributed by atoms with E-state index in [0.29, 0.717) is 11.5 Å². The van der Waals surface area contributed by atoms with E-state index in [9.17, 15) is 9.59 Å². The van der Waals surface area contributed by atoms with Crippen molar-refractivity contribution in [3.63, 3.8) is 0 Å². The summed E-state index contributed by atoms with van der Waals surface area (Å²) in [5, 5.41) is 5.95. The zero-order valence-corrected chi connectivity index (χ0v) is 16.2. The maximum atomic E-state index is 12.3. The fourth-order valence-electron chi connectivity index (χ4n) is 2.89. The van der Waals surface area contributed by atoms with Crippen molar-refractivity contribution in [1.82, 2.24) is 5.32 Å². The van der Waals surface area contributed by atoms with Crippen LogP contribution in [0.3, 0.4) is 0 Å². The number of amides is 2. The summed E-state index contributed by atoms with van der Waals surface area (Å²) in [5.41, 5.74) is 1.37. The first kappa shape index (κ1) is 21.2. The molecule has 2 N–H and O–H groups in total. The van der Waals surface area contributed by atoms with Crippen molar-refractivity contribution in [1.29, 1.82) is 0 Å². The minimum atomic E-state index is -0.0483. The van der Waals surface area contributed by atoms with Crippen molar-refractivity contribution >= 4 is 17.5 Å². The van der Waals surface area contributed by atoms with E-state index in [1.165, 1.54) is 12.8 Å². The van der Waals surface area contributed by atoms with E-state index in [0.717, 1.165) is 37.9 Å². The number of hydrogen-bond donors (Lipinski definition) is 2. The van der Waals surface area contributed by atoms with Crippen LogP contribution >= 0.6 is 0 Å². The Bertz CT molecular complexity index is 521. The molecule has 0 aliphatic rings. The third-order valence-electron chi connectivity index (χ3n) is 4.87. The fourth-order valence-corrected chi connectivity index (χ4v) is 2.89. The van der Waals surface area contributed by atoms with Crippen molar-refractivity contribution in [3.05, 3.63) is 29.8 Å².